The molecule has 8 nitrogen and oxygen atoms in total. The summed E-state index contributed by atoms with van der Waals surface area (Å²) >= 11 is 6.00. The number of amides is 1. The predicted octanol–water partition coefficient (Wildman–Crippen LogP) is 3.03. The van der Waals surface area contributed by atoms with Crippen LogP contribution in [-0.2, 0) is 15.4 Å². The number of aromatic nitrogens is 2. The Hall–Kier alpha value is -3.05. The number of imidazole rings is 1. The van der Waals surface area contributed by atoms with Gasteiger partial charge in [-0.05, 0) is 44.2 Å². The van der Waals surface area contributed by atoms with Crippen LogP contribution in [0.5, 0.6) is 0 Å². The van der Waals surface area contributed by atoms with Crippen LogP contribution in [0.3, 0.4) is 0 Å². The summed E-state index contributed by atoms with van der Waals surface area (Å²) < 4.78 is 55.6. The van der Waals surface area contributed by atoms with E-state index in [9.17, 15) is 22.0 Å². The Labute approximate surface area is 193 Å². The Morgan fingerprint density at radius 1 is 1.36 bits per heavy atom. The molecule has 174 valence electrons. The molecule has 0 radical (unpaired) electrons. The Kier molecular flexibility index (Phi) is 5.65. The van der Waals surface area contributed by atoms with Crippen LogP contribution in [0.1, 0.15) is 28.7 Å². The SMILES string of the molecule is Cc1c(C(=O)Nc2ccc(F)c(C3(CF)CS(=O)(=O)C(C)C(N)=N3)c2)nc2ccc(Cl)cn12. The number of amidine groups is 1. The van der Waals surface area contributed by atoms with Crippen LogP contribution in [0.2, 0.25) is 5.02 Å². The van der Waals surface area contributed by atoms with E-state index in [4.69, 9.17) is 17.3 Å². The molecule has 1 aliphatic rings. The first-order valence-corrected chi connectivity index (χ1v) is 11.9. The van der Waals surface area contributed by atoms with Gasteiger partial charge in [-0.1, -0.05) is 11.6 Å². The molecule has 0 saturated carbocycles. The Bertz CT molecular complexity index is 1420. The maximum absolute atomic E-state index is 14.8. The number of carbonyl (C=O) groups is 1. The summed E-state index contributed by atoms with van der Waals surface area (Å²) in [6.45, 7) is 1.74. The van der Waals surface area contributed by atoms with Crippen molar-refractivity contribution in [2.24, 2.45) is 10.7 Å². The molecule has 33 heavy (non-hydrogen) atoms. The molecule has 1 aliphatic heterocycles. The van der Waals surface area contributed by atoms with Crippen molar-refractivity contribution in [2.45, 2.75) is 24.6 Å². The van der Waals surface area contributed by atoms with Gasteiger partial charge in [-0.2, -0.15) is 0 Å². The van der Waals surface area contributed by atoms with Gasteiger partial charge in [0.25, 0.3) is 5.91 Å². The molecule has 0 saturated heterocycles. The summed E-state index contributed by atoms with van der Waals surface area (Å²) in [4.78, 5) is 21.2. The quantitative estimate of drug-likeness (QED) is 0.576. The van der Waals surface area contributed by atoms with Crippen LogP contribution >= 0.6 is 11.6 Å². The van der Waals surface area contributed by atoms with E-state index in [1.54, 1.807) is 29.7 Å². The molecule has 1 aromatic carbocycles. The number of nitrogens with one attached hydrogen (secondary N) is 1. The molecule has 0 aliphatic carbocycles. The molecule has 4 rings (SSSR count). The van der Waals surface area contributed by atoms with Gasteiger partial charge in [0.1, 0.15) is 40.5 Å². The number of hydrogen-bond donors (Lipinski definition) is 2. The van der Waals surface area contributed by atoms with Crippen molar-refractivity contribution in [1.82, 2.24) is 9.38 Å². The maximum Gasteiger partial charge on any atom is 0.276 e. The van der Waals surface area contributed by atoms with E-state index in [0.29, 0.717) is 16.4 Å². The average Bonchev–Trinajstić information content (AvgIpc) is 3.09. The van der Waals surface area contributed by atoms with Gasteiger partial charge in [-0.15, -0.1) is 0 Å². The number of halogens is 3. The molecule has 0 bridgehead atoms. The second-order valence-electron chi connectivity index (χ2n) is 7.92. The van der Waals surface area contributed by atoms with E-state index >= 15 is 0 Å². The summed E-state index contributed by atoms with van der Waals surface area (Å²) in [6, 6.07) is 6.74. The third-order valence-electron chi connectivity index (χ3n) is 5.72. The average molecular weight is 496 g/mol. The number of alkyl halides is 1. The summed E-state index contributed by atoms with van der Waals surface area (Å²) in [7, 11) is -3.87. The molecule has 1 amide bonds. The first-order chi connectivity index (χ1) is 15.5. The van der Waals surface area contributed by atoms with E-state index in [-0.39, 0.29) is 22.8 Å². The lowest BCUT2D eigenvalue weighted by molar-refractivity contribution is 0.102. The van der Waals surface area contributed by atoms with E-state index in [0.717, 1.165) is 12.1 Å². The van der Waals surface area contributed by atoms with E-state index < -0.39 is 44.8 Å². The minimum absolute atomic E-state index is 0.111. The molecule has 0 fully saturated rings. The number of rotatable bonds is 4. The van der Waals surface area contributed by atoms with Crippen molar-refractivity contribution in [2.75, 3.05) is 17.7 Å². The molecular weight excluding hydrogens is 476 g/mol. The molecule has 2 unspecified atom stereocenters. The first-order valence-electron chi connectivity index (χ1n) is 9.86. The minimum atomic E-state index is -3.87. The second-order valence-corrected chi connectivity index (χ2v) is 10.7. The number of carbonyl (C=O) groups excluding carboxylic acids is 1. The monoisotopic (exact) mass is 495 g/mol. The lowest BCUT2D eigenvalue weighted by Gasteiger charge is -2.34. The Balaban J connectivity index is 1.72. The van der Waals surface area contributed by atoms with Crippen LogP contribution in [0.25, 0.3) is 5.65 Å². The summed E-state index contributed by atoms with van der Waals surface area (Å²) in [6.07, 6.45) is 1.62. The fraction of sp³-hybridized carbons (Fsp3) is 0.286. The van der Waals surface area contributed by atoms with Gasteiger partial charge in [0.05, 0.1) is 16.5 Å². The smallest absolute Gasteiger partial charge is 0.276 e. The van der Waals surface area contributed by atoms with Crippen molar-refractivity contribution in [3.63, 3.8) is 0 Å². The molecule has 2 atom stereocenters. The summed E-state index contributed by atoms with van der Waals surface area (Å²) in [5.74, 6) is -2.51. The van der Waals surface area contributed by atoms with Gasteiger partial charge in [-0.3, -0.25) is 9.79 Å². The molecule has 0 spiro atoms. The molecule has 3 aromatic rings. The van der Waals surface area contributed by atoms with Gasteiger partial charge in [0, 0.05) is 17.4 Å². The number of anilines is 1. The Morgan fingerprint density at radius 2 is 2.09 bits per heavy atom. The molecule has 3 N–H and O–H groups in total. The van der Waals surface area contributed by atoms with E-state index in [1.807, 2.05) is 0 Å². The van der Waals surface area contributed by atoms with Gasteiger partial charge in [0.15, 0.2) is 9.84 Å². The molecular formula is C21H20ClF2N5O3S. The van der Waals surface area contributed by atoms with Gasteiger partial charge in [-0.25, -0.2) is 22.2 Å². The Morgan fingerprint density at radius 3 is 2.76 bits per heavy atom. The minimum Gasteiger partial charge on any atom is -0.386 e. The topological polar surface area (TPSA) is 119 Å². The molecule has 2 aromatic heterocycles. The lowest BCUT2D eigenvalue weighted by atomic mass is 9.92. The highest BCUT2D eigenvalue weighted by molar-refractivity contribution is 7.92. The number of hydrogen-bond acceptors (Lipinski definition) is 6. The highest BCUT2D eigenvalue weighted by Crippen LogP contribution is 2.36. The van der Waals surface area contributed by atoms with E-state index in [2.05, 4.69) is 15.3 Å². The lowest BCUT2D eigenvalue weighted by Crippen LogP contribution is -2.49. The third kappa shape index (κ3) is 3.95. The van der Waals surface area contributed by atoms with Crippen molar-refractivity contribution in [3.8, 4) is 0 Å². The zero-order chi connectivity index (χ0) is 24.1. The van der Waals surface area contributed by atoms with Crippen LogP contribution in [-0.4, -0.2) is 47.2 Å². The van der Waals surface area contributed by atoms with Gasteiger partial charge < -0.3 is 15.5 Å². The third-order valence-corrected chi connectivity index (χ3v) is 8.14. The summed E-state index contributed by atoms with van der Waals surface area (Å²) in [5, 5.41) is 1.96. The van der Waals surface area contributed by atoms with Crippen molar-refractivity contribution >= 4 is 44.5 Å². The normalized spacial score (nSPS) is 22.2. The molecule has 3 heterocycles. The first kappa shape index (κ1) is 23.1. The van der Waals surface area contributed by atoms with Crippen molar-refractivity contribution in [1.29, 1.82) is 0 Å². The van der Waals surface area contributed by atoms with Crippen LogP contribution in [0.15, 0.2) is 41.5 Å². The van der Waals surface area contributed by atoms with E-state index in [1.165, 1.54) is 13.0 Å². The number of nitrogens with zero attached hydrogens (tertiary/aromatic N) is 3. The number of benzene rings is 1. The largest absolute Gasteiger partial charge is 0.386 e. The zero-order valence-corrected chi connectivity index (χ0v) is 19.2. The maximum atomic E-state index is 14.8. The fourth-order valence-corrected chi connectivity index (χ4v) is 5.59. The zero-order valence-electron chi connectivity index (χ0n) is 17.6. The number of aliphatic imine (C=N–C) groups is 1. The fourth-order valence-electron chi connectivity index (χ4n) is 3.79. The number of pyridine rings is 1. The van der Waals surface area contributed by atoms with Crippen LogP contribution < -0.4 is 11.1 Å². The predicted molar refractivity (Wildman–Crippen MR) is 122 cm³/mol. The van der Waals surface area contributed by atoms with Gasteiger partial charge >= 0.3 is 0 Å². The molecule has 12 heteroatoms. The standard InChI is InChI=1S/C21H20ClF2N5O3S/c1-11-18(27-17-6-3-13(22)8-29(11)17)20(30)26-14-4-5-16(24)15(7-14)21(9-23)10-33(31,32)12(2)19(25)28-21/h3-8,12H,9-10H2,1-2H3,(H2,25,28)(H,26,30). The number of nitrogens with two attached hydrogens (primary N) is 1. The second kappa shape index (κ2) is 8.07. The van der Waals surface area contributed by atoms with Crippen molar-refractivity contribution in [3.05, 3.63) is 64.3 Å². The highest BCUT2D eigenvalue weighted by atomic mass is 35.5. The number of fused-ring (bicyclic) bond motifs is 1. The van der Waals surface area contributed by atoms with Gasteiger partial charge in [0.2, 0.25) is 0 Å². The van der Waals surface area contributed by atoms with Crippen molar-refractivity contribution < 1.29 is 22.0 Å². The number of sulfone groups is 1. The van der Waals surface area contributed by atoms with Crippen LogP contribution in [0.4, 0.5) is 14.5 Å². The van der Waals surface area contributed by atoms with Crippen LogP contribution in [0, 0.1) is 12.7 Å². The summed E-state index contributed by atoms with van der Waals surface area (Å²) in [5.41, 5.74) is 4.63. The highest BCUT2D eigenvalue weighted by Gasteiger charge is 2.46. The number of aryl methyl sites for hydroxylation is 1.